The number of pyridine rings is 1. The van der Waals surface area contributed by atoms with Crippen molar-refractivity contribution in [3.8, 4) is 0 Å². The van der Waals surface area contributed by atoms with Crippen molar-refractivity contribution in [2.75, 3.05) is 5.32 Å². The van der Waals surface area contributed by atoms with E-state index in [2.05, 4.69) is 17.2 Å². The maximum Gasteiger partial charge on any atom is 0.376 e. The standard InChI is InChI=1S/C19H18N4O3/c1-12-11-14(12)16(13-7-3-2-4-8-13)21-18-17(23(25)26)19(24)22-10-6-5-9-15(22)20-18/h2-10,12,14,16,21H,11H2,1H3. The third-order valence-electron chi connectivity index (χ3n) is 4.94. The summed E-state index contributed by atoms with van der Waals surface area (Å²) in [5.74, 6) is 0.903. The van der Waals surface area contributed by atoms with Crippen LogP contribution in [0.4, 0.5) is 11.5 Å². The lowest BCUT2D eigenvalue weighted by Gasteiger charge is -2.20. The Balaban J connectivity index is 1.83. The van der Waals surface area contributed by atoms with E-state index in [1.54, 1.807) is 18.2 Å². The lowest BCUT2D eigenvalue weighted by atomic mass is 10.0. The Morgan fingerprint density at radius 2 is 1.92 bits per heavy atom. The number of aromatic nitrogens is 2. The van der Waals surface area contributed by atoms with Gasteiger partial charge in [-0.3, -0.25) is 19.3 Å². The van der Waals surface area contributed by atoms with Gasteiger partial charge in [0.25, 0.3) is 0 Å². The summed E-state index contributed by atoms with van der Waals surface area (Å²) in [4.78, 5) is 27.9. The molecule has 0 aliphatic heterocycles. The number of anilines is 1. The zero-order valence-electron chi connectivity index (χ0n) is 14.2. The largest absolute Gasteiger partial charge is 0.376 e. The van der Waals surface area contributed by atoms with Crippen molar-refractivity contribution in [1.82, 2.24) is 9.38 Å². The van der Waals surface area contributed by atoms with E-state index in [4.69, 9.17) is 0 Å². The summed E-state index contributed by atoms with van der Waals surface area (Å²) in [5, 5.41) is 14.8. The van der Waals surface area contributed by atoms with Crippen LogP contribution >= 0.6 is 0 Å². The van der Waals surface area contributed by atoms with Gasteiger partial charge in [-0.15, -0.1) is 0 Å². The molecule has 1 aromatic carbocycles. The predicted octanol–water partition coefficient (Wildman–Crippen LogP) is 3.41. The lowest BCUT2D eigenvalue weighted by Crippen LogP contribution is -2.23. The molecule has 26 heavy (non-hydrogen) atoms. The molecule has 0 saturated heterocycles. The molecular weight excluding hydrogens is 332 g/mol. The molecule has 0 bridgehead atoms. The van der Waals surface area contributed by atoms with Crippen molar-refractivity contribution >= 4 is 17.2 Å². The highest BCUT2D eigenvalue weighted by molar-refractivity contribution is 5.61. The van der Waals surface area contributed by atoms with Crippen molar-refractivity contribution in [3.63, 3.8) is 0 Å². The normalized spacial score (nSPS) is 19.9. The van der Waals surface area contributed by atoms with E-state index >= 15 is 0 Å². The van der Waals surface area contributed by atoms with Gasteiger partial charge in [-0.2, -0.15) is 0 Å². The molecule has 3 unspecified atom stereocenters. The van der Waals surface area contributed by atoms with Crippen LogP contribution in [-0.2, 0) is 0 Å². The zero-order chi connectivity index (χ0) is 18.3. The number of fused-ring (bicyclic) bond motifs is 1. The highest BCUT2D eigenvalue weighted by Crippen LogP contribution is 2.48. The SMILES string of the molecule is CC1CC1C(Nc1nc2ccccn2c(=O)c1[N+](=O)[O-])c1ccccc1. The van der Waals surface area contributed by atoms with E-state index in [1.165, 1.54) is 10.6 Å². The molecule has 0 amide bonds. The molecule has 4 rings (SSSR count). The fourth-order valence-corrected chi connectivity index (χ4v) is 3.41. The number of nitrogens with one attached hydrogen (secondary N) is 1. The van der Waals surface area contributed by atoms with E-state index in [1.807, 2.05) is 30.3 Å². The first-order valence-corrected chi connectivity index (χ1v) is 8.53. The number of rotatable bonds is 5. The van der Waals surface area contributed by atoms with Crippen LogP contribution in [0.1, 0.15) is 24.9 Å². The molecule has 7 nitrogen and oxygen atoms in total. The molecule has 1 N–H and O–H groups in total. The van der Waals surface area contributed by atoms with Crippen LogP contribution in [0.3, 0.4) is 0 Å². The van der Waals surface area contributed by atoms with Gasteiger partial charge in [0.15, 0.2) is 0 Å². The van der Waals surface area contributed by atoms with Crippen LogP contribution in [0.25, 0.3) is 5.65 Å². The fraction of sp³-hybridized carbons (Fsp3) is 0.263. The highest BCUT2D eigenvalue weighted by Gasteiger charge is 2.41. The van der Waals surface area contributed by atoms with Gasteiger partial charge >= 0.3 is 11.2 Å². The summed E-state index contributed by atoms with van der Waals surface area (Å²) < 4.78 is 1.20. The average Bonchev–Trinajstić information content (AvgIpc) is 3.36. The molecule has 2 aromatic heterocycles. The minimum atomic E-state index is -0.682. The maximum atomic E-state index is 12.6. The molecule has 3 aromatic rings. The summed E-state index contributed by atoms with van der Waals surface area (Å²) in [5.41, 5.74) is 0.203. The molecule has 132 valence electrons. The smallest absolute Gasteiger partial charge is 0.357 e. The quantitative estimate of drug-likeness (QED) is 0.562. The average molecular weight is 350 g/mol. The second-order valence-corrected chi connectivity index (χ2v) is 6.71. The molecule has 7 heteroatoms. The van der Waals surface area contributed by atoms with Crippen LogP contribution in [0.2, 0.25) is 0 Å². The van der Waals surface area contributed by atoms with Gasteiger partial charge in [-0.1, -0.05) is 43.3 Å². The minimum Gasteiger partial charge on any atom is -0.357 e. The highest BCUT2D eigenvalue weighted by atomic mass is 16.6. The van der Waals surface area contributed by atoms with Gasteiger partial charge in [-0.25, -0.2) is 4.98 Å². The summed E-state index contributed by atoms with van der Waals surface area (Å²) in [7, 11) is 0. The molecule has 3 atom stereocenters. The Morgan fingerprint density at radius 3 is 2.58 bits per heavy atom. The Bertz CT molecular complexity index is 1030. The summed E-state index contributed by atoms with van der Waals surface area (Å²) in [6.07, 6.45) is 2.52. The van der Waals surface area contributed by atoms with E-state index in [0.717, 1.165) is 12.0 Å². The van der Waals surface area contributed by atoms with Gasteiger partial charge in [0.1, 0.15) is 5.65 Å². The zero-order valence-corrected chi connectivity index (χ0v) is 14.2. The van der Waals surface area contributed by atoms with E-state index < -0.39 is 16.2 Å². The molecule has 1 aliphatic rings. The topological polar surface area (TPSA) is 89.5 Å². The molecular formula is C19H18N4O3. The van der Waals surface area contributed by atoms with Gasteiger partial charge in [0.2, 0.25) is 5.82 Å². The summed E-state index contributed by atoms with van der Waals surface area (Å²) in [6, 6.07) is 14.7. The summed E-state index contributed by atoms with van der Waals surface area (Å²) in [6.45, 7) is 2.15. The molecule has 1 fully saturated rings. The Kier molecular flexibility index (Phi) is 3.91. The number of hydrogen-bond acceptors (Lipinski definition) is 5. The van der Waals surface area contributed by atoms with Gasteiger partial charge in [0, 0.05) is 6.20 Å². The predicted molar refractivity (Wildman–Crippen MR) is 98.2 cm³/mol. The third-order valence-corrected chi connectivity index (χ3v) is 4.94. The van der Waals surface area contributed by atoms with Crippen LogP contribution in [0, 0.1) is 22.0 Å². The van der Waals surface area contributed by atoms with E-state index in [-0.39, 0.29) is 11.9 Å². The van der Waals surface area contributed by atoms with Crippen molar-refractivity contribution in [1.29, 1.82) is 0 Å². The van der Waals surface area contributed by atoms with Crippen LogP contribution in [-0.4, -0.2) is 14.3 Å². The van der Waals surface area contributed by atoms with Crippen LogP contribution in [0.5, 0.6) is 0 Å². The van der Waals surface area contributed by atoms with E-state index in [0.29, 0.717) is 17.5 Å². The van der Waals surface area contributed by atoms with Gasteiger partial charge < -0.3 is 5.32 Å². The van der Waals surface area contributed by atoms with Crippen molar-refractivity contribution in [2.24, 2.45) is 11.8 Å². The third kappa shape index (κ3) is 2.81. The van der Waals surface area contributed by atoms with Crippen molar-refractivity contribution in [2.45, 2.75) is 19.4 Å². The van der Waals surface area contributed by atoms with Crippen molar-refractivity contribution < 1.29 is 4.92 Å². The van der Waals surface area contributed by atoms with Crippen LogP contribution in [0.15, 0.2) is 59.5 Å². The molecule has 2 heterocycles. The summed E-state index contributed by atoms with van der Waals surface area (Å²) >= 11 is 0. The first-order valence-electron chi connectivity index (χ1n) is 8.53. The fourth-order valence-electron chi connectivity index (χ4n) is 3.41. The Labute approximate surface area is 149 Å². The Hall–Kier alpha value is -3.22. The number of benzene rings is 1. The minimum absolute atomic E-state index is 0.0270. The maximum absolute atomic E-state index is 12.6. The first-order chi connectivity index (χ1) is 12.6. The lowest BCUT2D eigenvalue weighted by molar-refractivity contribution is -0.385. The number of hydrogen-bond donors (Lipinski definition) is 1. The van der Waals surface area contributed by atoms with Crippen molar-refractivity contribution in [3.05, 3.63) is 80.8 Å². The number of nitro groups is 1. The first kappa shape index (κ1) is 16.3. The van der Waals surface area contributed by atoms with Gasteiger partial charge in [-0.05, 0) is 36.0 Å². The van der Waals surface area contributed by atoms with E-state index in [9.17, 15) is 14.9 Å². The molecule has 0 spiro atoms. The Morgan fingerprint density at radius 1 is 1.23 bits per heavy atom. The number of nitrogens with zero attached hydrogens (tertiary/aromatic N) is 3. The monoisotopic (exact) mass is 350 g/mol. The molecule has 0 radical (unpaired) electrons. The molecule has 1 aliphatic carbocycles. The second kappa shape index (κ2) is 6.25. The van der Waals surface area contributed by atoms with Gasteiger partial charge in [0.05, 0.1) is 11.0 Å². The molecule has 1 saturated carbocycles. The second-order valence-electron chi connectivity index (χ2n) is 6.71. The van der Waals surface area contributed by atoms with Crippen LogP contribution < -0.4 is 10.9 Å².